The average molecular weight is 220 g/mol. The highest BCUT2D eigenvalue weighted by atomic mass is 16.4. The predicted molar refractivity (Wildman–Crippen MR) is 62.2 cm³/mol. The van der Waals surface area contributed by atoms with Gasteiger partial charge in [-0.1, -0.05) is 36.4 Å². The van der Waals surface area contributed by atoms with Crippen molar-refractivity contribution in [2.45, 2.75) is 24.9 Å². The minimum Gasteiger partial charge on any atom is -0.481 e. The van der Waals surface area contributed by atoms with E-state index in [4.69, 9.17) is 5.11 Å². The fourth-order valence-corrected chi connectivity index (χ4v) is 1.73. The maximum atomic E-state index is 10.7. The summed E-state index contributed by atoms with van der Waals surface area (Å²) in [7, 11) is 0. The number of benzene rings is 1. The van der Waals surface area contributed by atoms with Crippen LogP contribution in [0.25, 0.3) is 0 Å². The molecule has 0 heterocycles. The Hall–Kier alpha value is -1.61. The van der Waals surface area contributed by atoms with Crippen LogP contribution in [0, 0.1) is 0 Å². The third kappa shape index (κ3) is 3.87. The summed E-state index contributed by atoms with van der Waals surface area (Å²) in [6.07, 6.45) is 1.88. The van der Waals surface area contributed by atoms with Gasteiger partial charge in [-0.2, -0.15) is 0 Å². The SMILES string of the molecule is C=CCC(O)(CC(=O)O)Cc1ccccc1. The highest BCUT2D eigenvalue weighted by Gasteiger charge is 2.28. The molecule has 3 heteroatoms. The van der Waals surface area contributed by atoms with Crippen LogP contribution in [0.2, 0.25) is 0 Å². The van der Waals surface area contributed by atoms with E-state index in [1.807, 2.05) is 30.3 Å². The molecule has 0 aliphatic heterocycles. The Morgan fingerprint density at radius 1 is 1.38 bits per heavy atom. The maximum absolute atomic E-state index is 10.7. The van der Waals surface area contributed by atoms with Crippen LogP contribution < -0.4 is 0 Å². The molecular weight excluding hydrogens is 204 g/mol. The van der Waals surface area contributed by atoms with Crippen LogP contribution in [0.4, 0.5) is 0 Å². The van der Waals surface area contributed by atoms with Gasteiger partial charge in [0.1, 0.15) is 0 Å². The molecule has 86 valence electrons. The van der Waals surface area contributed by atoms with Gasteiger partial charge in [0.15, 0.2) is 0 Å². The monoisotopic (exact) mass is 220 g/mol. The Balaban J connectivity index is 2.78. The van der Waals surface area contributed by atoms with E-state index in [1.165, 1.54) is 0 Å². The first-order valence-corrected chi connectivity index (χ1v) is 5.15. The van der Waals surface area contributed by atoms with Crippen LogP contribution >= 0.6 is 0 Å². The summed E-state index contributed by atoms with van der Waals surface area (Å²) < 4.78 is 0. The summed E-state index contributed by atoms with van der Waals surface area (Å²) in [5.74, 6) is -1.000. The molecule has 0 bridgehead atoms. The molecule has 0 aliphatic carbocycles. The van der Waals surface area contributed by atoms with Gasteiger partial charge in [0.25, 0.3) is 0 Å². The lowest BCUT2D eigenvalue weighted by Crippen LogP contribution is -2.33. The van der Waals surface area contributed by atoms with Crippen LogP contribution in [0.15, 0.2) is 43.0 Å². The van der Waals surface area contributed by atoms with E-state index < -0.39 is 11.6 Å². The third-order valence-corrected chi connectivity index (χ3v) is 2.38. The quantitative estimate of drug-likeness (QED) is 0.721. The van der Waals surface area contributed by atoms with E-state index in [2.05, 4.69) is 6.58 Å². The first-order chi connectivity index (χ1) is 7.56. The number of carbonyl (C=O) groups is 1. The molecule has 1 aromatic rings. The molecule has 0 saturated carbocycles. The van der Waals surface area contributed by atoms with Gasteiger partial charge in [0, 0.05) is 6.42 Å². The second-order valence-electron chi connectivity index (χ2n) is 3.95. The van der Waals surface area contributed by atoms with Crippen LogP contribution in [0.3, 0.4) is 0 Å². The summed E-state index contributed by atoms with van der Waals surface area (Å²) in [5.41, 5.74) is -0.317. The van der Waals surface area contributed by atoms with Crippen LogP contribution in [-0.4, -0.2) is 21.8 Å². The topological polar surface area (TPSA) is 57.5 Å². The van der Waals surface area contributed by atoms with Crippen molar-refractivity contribution in [1.82, 2.24) is 0 Å². The summed E-state index contributed by atoms with van der Waals surface area (Å²) in [4.78, 5) is 10.7. The number of rotatable bonds is 6. The molecule has 0 aliphatic rings. The number of aliphatic hydroxyl groups is 1. The Morgan fingerprint density at radius 3 is 2.50 bits per heavy atom. The second-order valence-corrected chi connectivity index (χ2v) is 3.95. The third-order valence-electron chi connectivity index (χ3n) is 2.38. The Kier molecular flexibility index (Phi) is 4.26. The number of aliphatic carboxylic acids is 1. The van der Waals surface area contributed by atoms with Crippen molar-refractivity contribution in [3.05, 3.63) is 48.6 Å². The van der Waals surface area contributed by atoms with Crippen molar-refractivity contribution in [2.75, 3.05) is 0 Å². The zero-order valence-electron chi connectivity index (χ0n) is 9.10. The number of hydrogen-bond donors (Lipinski definition) is 2. The first-order valence-electron chi connectivity index (χ1n) is 5.15. The fourth-order valence-electron chi connectivity index (χ4n) is 1.73. The molecular formula is C13H16O3. The minimum absolute atomic E-state index is 0.270. The van der Waals surface area contributed by atoms with E-state index in [0.29, 0.717) is 6.42 Å². The summed E-state index contributed by atoms with van der Waals surface area (Å²) >= 11 is 0. The normalized spacial score (nSPS) is 14.1. The summed E-state index contributed by atoms with van der Waals surface area (Å²) in [5, 5.41) is 18.9. The molecule has 0 radical (unpaired) electrons. The van der Waals surface area contributed by atoms with Crippen LogP contribution in [-0.2, 0) is 11.2 Å². The predicted octanol–water partition coefficient (Wildman–Crippen LogP) is 2.01. The van der Waals surface area contributed by atoms with Gasteiger partial charge in [0.2, 0.25) is 0 Å². The van der Waals surface area contributed by atoms with E-state index in [0.717, 1.165) is 5.56 Å². The molecule has 1 rings (SSSR count). The Morgan fingerprint density at radius 2 is 2.00 bits per heavy atom. The van der Waals surface area contributed by atoms with E-state index in [9.17, 15) is 9.90 Å². The zero-order chi connectivity index (χ0) is 12.0. The van der Waals surface area contributed by atoms with Crippen molar-refractivity contribution in [1.29, 1.82) is 0 Å². The molecule has 0 aromatic heterocycles. The van der Waals surface area contributed by atoms with Crippen LogP contribution in [0.1, 0.15) is 18.4 Å². The molecule has 1 aromatic carbocycles. The highest BCUT2D eigenvalue weighted by molar-refractivity contribution is 5.68. The second kappa shape index (κ2) is 5.47. The zero-order valence-corrected chi connectivity index (χ0v) is 9.10. The number of carboxylic acids is 1. The number of carboxylic acid groups (broad SMARTS) is 1. The van der Waals surface area contributed by atoms with Gasteiger partial charge in [-0.3, -0.25) is 4.79 Å². The lowest BCUT2D eigenvalue weighted by molar-refractivity contribution is -0.142. The van der Waals surface area contributed by atoms with Crippen molar-refractivity contribution in [2.24, 2.45) is 0 Å². The average Bonchev–Trinajstić information content (AvgIpc) is 2.17. The Labute approximate surface area is 95.0 Å². The Bertz CT molecular complexity index is 359. The lowest BCUT2D eigenvalue weighted by atomic mass is 9.88. The van der Waals surface area contributed by atoms with Gasteiger partial charge in [-0.05, 0) is 12.0 Å². The van der Waals surface area contributed by atoms with Crippen molar-refractivity contribution in [3.63, 3.8) is 0 Å². The van der Waals surface area contributed by atoms with Gasteiger partial charge in [-0.25, -0.2) is 0 Å². The molecule has 0 saturated heterocycles. The summed E-state index contributed by atoms with van der Waals surface area (Å²) in [6, 6.07) is 9.36. The molecule has 0 amide bonds. The molecule has 0 spiro atoms. The van der Waals surface area contributed by atoms with Gasteiger partial charge in [-0.15, -0.1) is 6.58 Å². The molecule has 2 N–H and O–H groups in total. The molecule has 16 heavy (non-hydrogen) atoms. The first kappa shape index (κ1) is 12.5. The lowest BCUT2D eigenvalue weighted by Gasteiger charge is -2.25. The smallest absolute Gasteiger partial charge is 0.306 e. The van der Waals surface area contributed by atoms with E-state index in [-0.39, 0.29) is 12.8 Å². The van der Waals surface area contributed by atoms with Gasteiger partial charge < -0.3 is 10.2 Å². The molecule has 1 unspecified atom stereocenters. The standard InChI is InChI=1S/C13H16O3/c1-2-8-13(16,10-12(14)15)9-11-6-4-3-5-7-11/h2-7,16H,1,8-10H2,(H,14,15). The highest BCUT2D eigenvalue weighted by Crippen LogP contribution is 2.21. The molecule has 1 atom stereocenters. The fraction of sp³-hybridized carbons (Fsp3) is 0.308. The molecule has 3 nitrogen and oxygen atoms in total. The number of hydrogen-bond acceptors (Lipinski definition) is 2. The van der Waals surface area contributed by atoms with E-state index >= 15 is 0 Å². The van der Waals surface area contributed by atoms with Crippen LogP contribution in [0.5, 0.6) is 0 Å². The van der Waals surface area contributed by atoms with Crippen molar-refractivity contribution in [3.8, 4) is 0 Å². The summed E-state index contributed by atoms with van der Waals surface area (Å²) in [6.45, 7) is 3.54. The largest absolute Gasteiger partial charge is 0.481 e. The van der Waals surface area contributed by atoms with E-state index in [1.54, 1.807) is 6.08 Å². The van der Waals surface area contributed by atoms with Crippen molar-refractivity contribution < 1.29 is 15.0 Å². The molecule has 0 fully saturated rings. The maximum Gasteiger partial charge on any atom is 0.306 e. The van der Waals surface area contributed by atoms with Gasteiger partial charge >= 0.3 is 5.97 Å². The van der Waals surface area contributed by atoms with Gasteiger partial charge in [0.05, 0.1) is 12.0 Å². The van der Waals surface area contributed by atoms with Crippen molar-refractivity contribution >= 4 is 5.97 Å². The minimum atomic E-state index is -1.24.